The summed E-state index contributed by atoms with van der Waals surface area (Å²) in [6.07, 6.45) is -2.18. The fourth-order valence-electron chi connectivity index (χ4n) is 2.04. The van der Waals surface area contributed by atoms with E-state index >= 15 is 0 Å². The van der Waals surface area contributed by atoms with Crippen LogP contribution in [0.15, 0.2) is 0 Å². The molecule has 0 aliphatic carbocycles. The summed E-state index contributed by atoms with van der Waals surface area (Å²) in [6.45, 7) is 1.76. The molecule has 18 heavy (non-hydrogen) atoms. The zero-order valence-electron chi connectivity index (χ0n) is 10.6. The van der Waals surface area contributed by atoms with Crippen molar-refractivity contribution < 1.29 is 18.0 Å². The number of halogens is 3. The van der Waals surface area contributed by atoms with Crippen LogP contribution in [-0.4, -0.2) is 43.2 Å². The molecule has 2 unspecified atom stereocenters. The lowest BCUT2D eigenvalue weighted by Gasteiger charge is -2.31. The molecule has 0 aromatic heterocycles. The summed E-state index contributed by atoms with van der Waals surface area (Å²) < 4.78 is 39.3. The maximum absolute atomic E-state index is 13.1. The maximum atomic E-state index is 13.1. The van der Waals surface area contributed by atoms with Crippen LogP contribution in [0.2, 0.25) is 0 Å². The highest BCUT2D eigenvalue weighted by Crippen LogP contribution is 2.43. The Morgan fingerprint density at radius 2 is 2.22 bits per heavy atom. The van der Waals surface area contributed by atoms with Gasteiger partial charge in [0.15, 0.2) is 5.41 Å². The lowest BCUT2D eigenvalue weighted by Crippen LogP contribution is -2.54. The Morgan fingerprint density at radius 1 is 1.56 bits per heavy atom. The number of carbonyl (C=O) groups is 1. The largest absolute Gasteiger partial charge is 0.404 e. The Bertz CT molecular complexity index is 291. The number of thioether (sulfide) groups is 1. The monoisotopic (exact) mass is 284 g/mol. The third-order valence-electron chi connectivity index (χ3n) is 3.33. The van der Waals surface area contributed by atoms with Crippen LogP contribution in [0.5, 0.6) is 0 Å². The molecule has 106 valence electrons. The van der Waals surface area contributed by atoms with E-state index in [0.717, 1.165) is 0 Å². The summed E-state index contributed by atoms with van der Waals surface area (Å²) in [4.78, 5) is 12.0. The van der Waals surface area contributed by atoms with E-state index < -0.39 is 17.5 Å². The molecule has 0 aromatic rings. The van der Waals surface area contributed by atoms with E-state index in [1.165, 1.54) is 11.8 Å². The number of nitrogens with one attached hydrogen (secondary N) is 2. The van der Waals surface area contributed by atoms with Crippen molar-refractivity contribution in [3.05, 3.63) is 0 Å². The van der Waals surface area contributed by atoms with Crippen LogP contribution in [0.1, 0.15) is 19.8 Å². The molecule has 7 heteroatoms. The van der Waals surface area contributed by atoms with Gasteiger partial charge < -0.3 is 10.6 Å². The Hall–Kier alpha value is -0.430. The first-order valence-electron chi connectivity index (χ1n) is 5.94. The summed E-state index contributed by atoms with van der Waals surface area (Å²) in [6, 6.07) is -0.202. The van der Waals surface area contributed by atoms with Gasteiger partial charge in [0.25, 0.3) is 0 Å². The van der Waals surface area contributed by atoms with Crippen molar-refractivity contribution in [2.24, 2.45) is 5.41 Å². The molecule has 1 rings (SSSR count). The predicted octanol–water partition coefficient (Wildman–Crippen LogP) is 1.79. The summed E-state index contributed by atoms with van der Waals surface area (Å²) in [5.41, 5.74) is -2.25. The zero-order valence-corrected chi connectivity index (χ0v) is 11.4. The Balaban J connectivity index is 2.78. The van der Waals surface area contributed by atoms with Gasteiger partial charge in [-0.25, -0.2) is 0 Å². The number of carbonyl (C=O) groups excluding carboxylic acids is 1. The van der Waals surface area contributed by atoms with E-state index in [0.29, 0.717) is 12.2 Å². The van der Waals surface area contributed by atoms with E-state index in [2.05, 4.69) is 10.6 Å². The Morgan fingerprint density at radius 3 is 2.61 bits per heavy atom. The molecule has 0 saturated carbocycles. The van der Waals surface area contributed by atoms with Gasteiger partial charge in [-0.1, -0.05) is 6.92 Å². The molecule has 2 atom stereocenters. The summed E-state index contributed by atoms with van der Waals surface area (Å²) in [7, 11) is 0. The van der Waals surface area contributed by atoms with Crippen molar-refractivity contribution in [3.8, 4) is 0 Å². The van der Waals surface area contributed by atoms with Crippen molar-refractivity contribution in [3.63, 3.8) is 0 Å². The van der Waals surface area contributed by atoms with Gasteiger partial charge >= 0.3 is 6.18 Å². The molecular weight excluding hydrogens is 265 g/mol. The first kappa shape index (κ1) is 15.6. The van der Waals surface area contributed by atoms with Crippen LogP contribution in [-0.2, 0) is 4.79 Å². The smallest absolute Gasteiger partial charge is 0.352 e. The molecule has 3 nitrogen and oxygen atoms in total. The maximum Gasteiger partial charge on any atom is 0.404 e. The van der Waals surface area contributed by atoms with Crippen molar-refractivity contribution in [1.82, 2.24) is 10.6 Å². The zero-order chi connectivity index (χ0) is 13.8. The molecule has 0 bridgehead atoms. The highest BCUT2D eigenvalue weighted by Gasteiger charge is 2.61. The topological polar surface area (TPSA) is 41.1 Å². The van der Waals surface area contributed by atoms with Crippen molar-refractivity contribution >= 4 is 17.7 Å². The van der Waals surface area contributed by atoms with Gasteiger partial charge in [-0.05, 0) is 25.6 Å². The number of amides is 1. The van der Waals surface area contributed by atoms with E-state index in [9.17, 15) is 18.0 Å². The highest BCUT2D eigenvalue weighted by molar-refractivity contribution is 7.98. The van der Waals surface area contributed by atoms with Crippen LogP contribution in [0, 0.1) is 5.41 Å². The molecule has 1 heterocycles. The lowest BCUT2D eigenvalue weighted by molar-refractivity contribution is -0.216. The first-order valence-corrected chi connectivity index (χ1v) is 7.34. The number of alkyl halides is 3. The number of rotatable bonds is 5. The van der Waals surface area contributed by atoms with Gasteiger partial charge in [0.05, 0.1) is 0 Å². The molecule has 2 N–H and O–H groups in total. The van der Waals surface area contributed by atoms with Crippen LogP contribution in [0.4, 0.5) is 13.2 Å². The lowest BCUT2D eigenvalue weighted by atomic mass is 9.85. The third kappa shape index (κ3) is 3.12. The second-order valence-corrected chi connectivity index (χ2v) is 5.45. The van der Waals surface area contributed by atoms with Crippen molar-refractivity contribution in [1.29, 1.82) is 0 Å². The molecule has 1 saturated heterocycles. The molecule has 0 aromatic carbocycles. The SMILES string of the molecule is CCC(CSC)NC(=O)C1(C(F)(F)F)CCNC1. The van der Waals surface area contributed by atoms with E-state index in [4.69, 9.17) is 0 Å². The average molecular weight is 284 g/mol. The van der Waals surface area contributed by atoms with Gasteiger partial charge in [-0.15, -0.1) is 0 Å². The standard InChI is InChI=1S/C11H19F3N2OS/c1-3-8(6-18-2)16-9(17)10(11(12,13)14)4-5-15-7-10/h8,15H,3-7H2,1-2H3,(H,16,17). The van der Waals surface area contributed by atoms with Crippen molar-refractivity contribution in [2.75, 3.05) is 25.1 Å². The van der Waals surface area contributed by atoms with E-state index in [1.54, 1.807) is 0 Å². The fraction of sp³-hybridized carbons (Fsp3) is 0.909. The minimum Gasteiger partial charge on any atom is -0.352 e. The molecule has 1 aliphatic heterocycles. The van der Waals surface area contributed by atoms with Gasteiger partial charge in [0, 0.05) is 18.3 Å². The molecule has 1 fully saturated rings. The second kappa shape index (κ2) is 6.14. The minimum absolute atomic E-state index is 0.183. The van der Waals surface area contributed by atoms with Crippen molar-refractivity contribution in [2.45, 2.75) is 32.0 Å². The van der Waals surface area contributed by atoms with Gasteiger partial charge in [0.2, 0.25) is 5.91 Å². The fourth-order valence-corrected chi connectivity index (χ4v) is 2.76. The van der Waals surface area contributed by atoms with E-state index in [1.807, 2.05) is 13.2 Å². The van der Waals surface area contributed by atoms with Crippen LogP contribution in [0.25, 0.3) is 0 Å². The molecule has 1 aliphatic rings. The quantitative estimate of drug-likeness (QED) is 0.808. The summed E-state index contributed by atoms with van der Waals surface area (Å²) in [5.74, 6) is -0.259. The second-order valence-electron chi connectivity index (χ2n) is 4.54. The first-order chi connectivity index (χ1) is 8.37. The summed E-state index contributed by atoms with van der Waals surface area (Å²) in [5, 5.41) is 5.17. The number of hydrogen-bond acceptors (Lipinski definition) is 3. The van der Waals surface area contributed by atoms with E-state index in [-0.39, 0.29) is 25.6 Å². The highest BCUT2D eigenvalue weighted by atomic mass is 32.2. The molecular formula is C11H19F3N2OS. The number of hydrogen-bond donors (Lipinski definition) is 2. The normalized spacial score (nSPS) is 26.1. The minimum atomic E-state index is -4.50. The third-order valence-corrected chi connectivity index (χ3v) is 4.06. The Labute approximate surface area is 109 Å². The van der Waals surface area contributed by atoms with Crippen LogP contribution < -0.4 is 10.6 Å². The average Bonchev–Trinajstić information content (AvgIpc) is 2.77. The predicted molar refractivity (Wildman–Crippen MR) is 66.6 cm³/mol. The molecule has 1 amide bonds. The van der Waals surface area contributed by atoms with Gasteiger partial charge in [-0.3, -0.25) is 4.79 Å². The Kier molecular flexibility index (Phi) is 5.33. The summed E-state index contributed by atoms with van der Waals surface area (Å²) >= 11 is 1.51. The molecule has 0 spiro atoms. The van der Waals surface area contributed by atoms with Crippen LogP contribution >= 0.6 is 11.8 Å². The van der Waals surface area contributed by atoms with Gasteiger partial charge in [-0.2, -0.15) is 24.9 Å². The van der Waals surface area contributed by atoms with Crippen LogP contribution in [0.3, 0.4) is 0 Å². The van der Waals surface area contributed by atoms with Gasteiger partial charge in [0.1, 0.15) is 0 Å². The molecule has 0 radical (unpaired) electrons.